The van der Waals surface area contributed by atoms with Crippen LogP contribution >= 0.6 is 0 Å². The standard InChI is InChI=1S/C16H20N2O3/c1-9-12(4-3-7-17-9)15(19)18-14-11-6-5-10(8-11)13(14)16(20)21-2/h3-4,7,10-11,13-14H,5-6,8H2,1-2H3,(H,18,19)/t10-,11-,13-,14-/m0/s1. The Labute approximate surface area is 124 Å². The minimum Gasteiger partial charge on any atom is -0.469 e. The number of methoxy groups -OCH3 is 1. The number of nitrogens with zero attached hydrogens (tertiary/aromatic N) is 1. The highest BCUT2D eigenvalue weighted by Crippen LogP contribution is 2.49. The molecule has 0 aliphatic heterocycles. The molecule has 4 atom stereocenters. The molecule has 3 rings (SSSR count). The van der Waals surface area contributed by atoms with E-state index in [1.165, 1.54) is 7.11 Å². The molecule has 1 heterocycles. The van der Waals surface area contributed by atoms with Crippen LogP contribution in [0.2, 0.25) is 0 Å². The summed E-state index contributed by atoms with van der Waals surface area (Å²) < 4.78 is 4.93. The minimum atomic E-state index is -0.199. The van der Waals surface area contributed by atoms with Crippen LogP contribution in [0, 0.1) is 24.7 Å². The van der Waals surface area contributed by atoms with Crippen molar-refractivity contribution in [3.63, 3.8) is 0 Å². The number of aryl methyl sites for hydroxylation is 1. The van der Waals surface area contributed by atoms with Gasteiger partial charge >= 0.3 is 5.97 Å². The molecule has 1 aromatic rings. The number of ether oxygens (including phenoxy) is 1. The molecule has 1 amide bonds. The molecule has 0 radical (unpaired) electrons. The molecule has 2 saturated carbocycles. The third-order valence-electron chi connectivity index (χ3n) is 4.94. The third kappa shape index (κ3) is 2.41. The van der Waals surface area contributed by atoms with Crippen LogP contribution in [0.5, 0.6) is 0 Å². The normalized spacial score (nSPS) is 30.2. The van der Waals surface area contributed by atoms with Gasteiger partial charge in [-0.25, -0.2) is 0 Å². The summed E-state index contributed by atoms with van der Waals surface area (Å²) in [7, 11) is 1.42. The Morgan fingerprint density at radius 3 is 2.81 bits per heavy atom. The van der Waals surface area contributed by atoms with E-state index >= 15 is 0 Å². The van der Waals surface area contributed by atoms with Crippen LogP contribution in [0.15, 0.2) is 18.3 Å². The molecular formula is C16H20N2O3. The maximum Gasteiger partial charge on any atom is 0.311 e. The monoisotopic (exact) mass is 288 g/mol. The van der Waals surface area contributed by atoms with Gasteiger partial charge in [-0.1, -0.05) is 0 Å². The third-order valence-corrected chi connectivity index (χ3v) is 4.94. The van der Waals surface area contributed by atoms with Gasteiger partial charge in [0.1, 0.15) is 0 Å². The molecule has 0 aromatic carbocycles. The first kappa shape index (κ1) is 14.0. The number of amides is 1. The summed E-state index contributed by atoms with van der Waals surface area (Å²) in [5.74, 6) is 0.194. The molecule has 0 spiro atoms. The number of rotatable bonds is 3. The summed E-state index contributed by atoms with van der Waals surface area (Å²) in [5, 5.41) is 3.05. The smallest absolute Gasteiger partial charge is 0.311 e. The van der Waals surface area contributed by atoms with Gasteiger partial charge < -0.3 is 10.1 Å². The average Bonchev–Trinajstić information content (AvgIpc) is 3.08. The molecule has 1 aromatic heterocycles. The summed E-state index contributed by atoms with van der Waals surface area (Å²) in [5.41, 5.74) is 1.27. The fourth-order valence-corrected chi connectivity index (χ4v) is 3.93. The van der Waals surface area contributed by atoms with Crippen LogP contribution in [0.25, 0.3) is 0 Å². The number of carbonyl (C=O) groups is 2. The Morgan fingerprint density at radius 1 is 1.33 bits per heavy atom. The first-order chi connectivity index (χ1) is 10.1. The SMILES string of the molecule is COC(=O)[C@H]1[C@H]2CC[C@@H](C2)[C@@H]1NC(=O)c1cccnc1C. The van der Waals surface area contributed by atoms with Crippen molar-refractivity contribution in [1.82, 2.24) is 10.3 Å². The van der Waals surface area contributed by atoms with Gasteiger partial charge in [-0.2, -0.15) is 0 Å². The summed E-state index contributed by atoms with van der Waals surface area (Å²) in [6, 6.07) is 3.40. The molecule has 0 saturated heterocycles. The number of hydrogen-bond donors (Lipinski definition) is 1. The molecule has 5 heteroatoms. The zero-order chi connectivity index (χ0) is 15.0. The molecule has 1 N–H and O–H groups in total. The molecule has 2 fully saturated rings. The largest absolute Gasteiger partial charge is 0.469 e. The van der Waals surface area contributed by atoms with Crippen molar-refractivity contribution in [3.05, 3.63) is 29.6 Å². The number of fused-ring (bicyclic) bond motifs is 2. The second-order valence-electron chi connectivity index (χ2n) is 6.02. The van der Waals surface area contributed by atoms with Crippen LogP contribution in [0.1, 0.15) is 35.3 Å². The number of nitrogens with one attached hydrogen (secondary N) is 1. The van der Waals surface area contributed by atoms with E-state index in [1.807, 2.05) is 6.92 Å². The van der Waals surface area contributed by atoms with E-state index in [0.29, 0.717) is 23.1 Å². The lowest BCUT2D eigenvalue weighted by Gasteiger charge is -2.29. The van der Waals surface area contributed by atoms with Gasteiger partial charge in [-0.3, -0.25) is 14.6 Å². The van der Waals surface area contributed by atoms with Gasteiger partial charge in [-0.05, 0) is 50.2 Å². The lowest BCUT2D eigenvalue weighted by atomic mass is 9.84. The second-order valence-corrected chi connectivity index (χ2v) is 6.02. The summed E-state index contributed by atoms with van der Waals surface area (Å²) in [4.78, 5) is 28.6. The van der Waals surface area contributed by atoms with Crippen molar-refractivity contribution in [1.29, 1.82) is 0 Å². The predicted octanol–water partition coefficient (Wildman–Crippen LogP) is 1.71. The summed E-state index contributed by atoms with van der Waals surface area (Å²) in [6.07, 6.45) is 4.81. The van der Waals surface area contributed by atoms with Crippen LogP contribution in [-0.2, 0) is 9.53 Å². The molecule has 2 aliphatic carbocycles. The van der Waals surface area contributed by atoms with Gasteiger partial charge in [0.25, 0.3) is 5.91 Å². The fraction of sp³-hybridized carbons (Fsp3) is 0.562. The number of carbonyl (C=O) groups excluding carboxylic acids is 2. The average molecular weight is 288 g/mol. The van der Waals surface area contributed by atoms with E-state index in [1.54, 1.807) is 18.3 Å². The number of pyridine rings is 1. The zero-order valence-corrected chi connectivity index (χ0v) is 12.3. The van der Waals surface area contributed by atoms with Crippen molar-refractivity contribution in [2.45, 2.75) is 32.2 Å². The first-order valence-electron chi connectivity index (χ1n) is 7.42. The Morgan fingerprint density at radius 2 is 2.10 bits per heavy atom. The summed E-state index contributed by atoms with van der Waals surface area (Å²) >= 11 is 0. The molecule has 21 heavy (non-hydrogen) atoms. The molecule has 2 bridgehead atoms. The van der Waals surface area contributed by atoms with E-state index in [2.05, 4.69) is 10.3 Å². The van der Waals surface area contributed by atoms with Crippen LogP contribution in [0.4, 0.5) is 0 Å². The highest BCUT2D eigenvalue weighted by atomic mass is 16.5. The Kier molecular flexibility index (Phi) is 3.66. The van der Waals surface area contributed by atoms with Gasteiger partial charge in [0, 0.05) is 17.9 Å². The topological polar surface area (TPSA) is 68.3 Å². The quantitative estimate of drug-likeness (QED) is 0.860. The van der Waals surface area contributed by atoms with Gasteiger partial charge in [0.05, 0.1) is 18.6 Å². The van der Waals surface area contributed by atoms with Crippen LogP contribution < -0.4 is 5.32 Å². The Balaban J connectivity index is 1.78. The van der Waals surface area contributed by atoms with Crippen molar-refractivity contribution >= 4 is 11.9 Å². The predicted molar refractivity (Wildman–Crippen MR) is 76.6 cm³/mol. The zero-order valence-electron chi connectivity index (χ0n) is 12.3. The molecule has 0 unspecified atom stereocenters. The minimum absolute atomic E-state index is 0.108. The van der Waals surface area contributed by atoms with Crippen molar-refractivity contribution in [3.8, 4) is 0 Å². The van der Waals surface area contributed by atoms with E-state index in [9.17, 15) is 9.59 Å². The molecule has 5 nitrogen and oxygen atoms in total. The van der Waals surface area contributed by atoms with Crippen molar-refractivity contribution in [2.75, 3.05) is 7.11 Å². The molecule has 2 aliphatic rings. The molecule has 112 valence electrons. The Hall–Kier alpha value is -1.91. The fourth-order valence-electron chi connectivity index (χ4n) is 3.93. The van der Waals surface area contributed by atoms with E-state index in [-0.39, 0.29) is 23.8 Å². The van der Waals surface area contributed by atoms with E-state index < -0.39 is 0 Å². The second kappa shape index (κ2) is 5.47. The van der Waals surface area contributed by atoms with Gasteiger partial charge in [-0.15, -0.1) is 0 Å². The van der Waals surface area contributed by atoms with E-state index in [0.717, 1.165) is 19.3 Å². The van der Waals surface area contributed by atoms with Crippen molar-refractivity contribution < 1.29 is 14.3 Å². The molecular weight excluding hydrogens is 268 g/mol. The van der Waals surface area contributed by atoms with Crippen LogP contribution in [0.3, 0.4) is 0 Å². The first-order valence-corrected chi connectivity index (χ1v) is 7.42. The van der Waals surface area contributed by atoms with Crippen LogP contribution in [-0.4, -0.2) is 30.0 Å². The van der Waals surface area contributed by atoms with E-state index in [4.69, 9.17) is 4.74 Å². The Bertz CT molecular complexity index is 572. The number of hydrogen-bond acceptors (Lipinski definition) is 4. The summed E-state index contributed by atoms with van der Waals surface area (Å²) in [6.45, 7) is 1.81. The lowest BCUT2D eigenvalue weighted by molar-refractivity contribution is -0.148. The highest BCUT2D eigenvalue weighted by molar-refractivity contribution is 5.95. The van der Waals surface area contributed by atoms with Crippen molar-refractivity contribution in [2.24, 2.45) is 17.8 Å². The maximum absolute atomic E-state index is 12.5. The van der Waals surface area contributed by atoms with Gasteiger partial charge in [0.15, 0.2) is 0 Å². The number of aromatic nitrogens is 1. The number of esters is 1. The lowest BCUT2D eigenvalue weighted by Crippen LogP contribution is -2.47. The van der Waals surface area contributed by atoms with Gasteiger partial charge in [0.2, 0.25) is 0 Å². The maximum atomic E-state index is 12.5. The highest BCUT2D eigenvalue weighted by Gasteiger charge is 2.52.